The molecule has 1 amide bonds. The Hall–Kier alpha value is -1.45. The van der Waals surface area contributed by atoms with Gasteiger partial charge in [-0.25, -0.2) is 4.98 Å². The van der Waals surface area contributed by atoms with E-state index in [0.717, 1.165) is 12.3 Å². The maximum Gasteiger partial charge on any atom is 0.252 e. The van der Waals surface area contributed by atoms with Gasteiger partial charge in [-0.15, -0.1) is 0 Å². The van der Waals surface area contributed by atoms with Crippen LogP contribution in [0.1, 0.15) is 48.9 Å². The molecule has 1 fully saturated rings. The van der Waals surface area contributed by atoms with Gasteiger partial charge in [0.1, 0.15) is 0 Å². The number of pyridine rings is 1. The van der Waals surface area contributed by atoms with Crippen molar-refractivity contribution in [3.05, 3.63) is 29.8 Å². The molecule has 1 aromatic heterocycles. The number of nitrogens with one attached hydrogen (secondary N) is 1. The van der Waals surface area contributed by atoms with Crippen molar-refractivity contribution in [2.75, 3.05) is 6.54 Å². The zero-order valence-electron chi connectivity index (χ0n) is 10.5. The number of carbonyl (C=O) groups is 1. The fraction of sp³-hybridized carbons (Fsp3) is 0.571. The lowest BCUT2D eigenvalue weighted by Crippen LogP contribution is -2.26. The molecule has 1 heterocycles. The first-order valence-electron chi connectivity index (χ1n) is 6.65. The lowest BCUT2D eigenvalue weighted by Gasteiger charge is -2.21. The molecule has 0 unspecified atom stereocenters. The Kier molecular flexibility index (Phi) is 4.67. The molecular formula is C14H19FN2O. The molecule has 0 radical (unpaired) electrons. The van der Waals surface area contributed by atoms with E-state index in [4.69, 9.17) is 0 Å². The molecule has 2 rings (SSSR count). The average Bonchev–Trinajstić information content (AvgIpc) is 2.40. The lowest BCUT2D eigenvalue weighted by molar-refractivity contribution is 0.0950. The number of nitrogens with zero attached hydrogens (tertiary/aromatic N) is 1. The summed E-state index contributed by atoms with van der Waals surface area (Å²) in [7, 11) is 0. The van der Waals surface area contributed by atoms with E-state index in [-0.39, 0.29) is 5.91 Å². The van der Waals surface area contributed by atoms with Crippen molar-refractivity contribution in [2.45, 2.75) is 38.5 Å². The van der Waals surface area contributed by atoms with Crippen LogP contribution < -0.4 is 5.32 Å². The van der Waals surface area contributed by atoms with Crippen molar-refractivity contribution in [2.24, 2.45) is 5.92 Å². The molecule has 1 aliphatic rings. The minimum absolute atomic E-state index is 0.168. The van der Waals surface area contributed by atoms with Crippen LogP contribution in [0.2, 0.25) is 0 Å². The van der Waals surface area contributed by atoms with Crippen molar-refractivity contribution in [1.29, 1.82) is 0 Å². The maximum atomic E-state index is 12.6. The van der Waals surface area contributed by atoms with Gasteiger partial charge in [0, 0.05) is 12.7 Å². The van der Waals surface area contributed by atoms with E-state index in [1.165, 1.54) is 50.4 Å². The third kappa shape index (κ3) is 3.79. The van der Waals surface area contributed by atoms with Crippen molar-refractivity contribution >= 4 is 5.91 Å². The van der Waals surface area contributed by atoms with E-state index in [0.29, 0.717) is 12.1 Å². The van der Waals surface area contributed by atoms with Crippen molar-refractivity contribution in [3.63, 3.8) is 0 Å². The largest absolute Gasteiger partial charge is 0.352 e. The van der Waals surface area contributed by atoms with Gasteiger partial charge >= 0.3 is 0 Å². The maximum absolute atomic E-state index is 12.6. The summed E-state index contributed by atoms with van der Waals surface area (Å²) < 4.78 is 12.6. The Bertz CT molecular complexity index is 385. The predicted molar refractivity (Wildman–Crippen MR) is 67.7 cm³/mol. The summed E-state index contributed by atoms with van der Waals surface area (Å²) in [6.45, 7) is 0.695. The van der Waals surface area contributed by atoms with Gasteiger partial charge in [-0.05, 0) is 24.5 Å². The minimum Gasteiger partial charge on any atom is -0.352 e. The zero-order valence-corrected chi connectivity index (χ0v) is 10.5. The number of hydrogen-bond donors (Lipinski definition) is 1. The second kappa shape index (κ2) is 6.47. The minimum atomic E-state index is -0.561. The van der Waals surface area contributed by atoms with Crippen molar-refractivity contribution in [3.8, 4) is 0 Å². The molecule has 0 bridgehead atoms. The second-order valence-corrected chi connectivity index (χ2v) is 4.92. The van der Waals surface area contributed by atoms with Crippen LogP contribution >= 0.6 is 0 Å². The van der Waals surface area contributed by atoms with Gasteiger partial charge in [-0.1, -0.05) is 32.1 Å². The Morgan fingerprint density at radius 3 is 2.78 bits per heavy atom. The number of aromatic nitrogens is 1. The second-order valence-electron chi connectivity index (χ2n) is 4.92. The first-order valence-corrected chi connectivity index (χ1v) is 6.65. The molecule has 0 saturated heterocycles. The Morgan fingerprint density at radius 2 is 2.11 bits per heavy atom. The van der Waals surface area contributed by atoms with Crippen molar-refractivity contribution < 1.29 is 9.18 Å². The number of halogens is 1. The van der Waals surface area contributed by atoms with Crippen LogP contribution in [0.15, 0.2) is 18.3 Å². The fourth-order valence-electron chi connectivity index (χ4n) is 2.48. The molecule has 3 nitrogen and oxygen atoms in total. The highest BCUT2D eigenvalue weighted by Gasteiger charge is 2.13. The standard InChI is InChI=1S/C14H19FN2O/c15-13-7-6-12(10-17-13)14(18)16-9-8-11-4-2-1-3-5-11/h6-7,10-11H,1-5,8-9H2,(H,16,18). The van der Waals surface area contributed by atoms with Gasteiger partial charge in [-0.3, -0.25) is 4.79 Å². The van der Waals surface area contributed by atoms with E-state index in [1.54, 1.807) is 0 Å². The van der Waals surface area contributed by atoms with Crippen LogP contribution in [0.25, 0.3) is 0 Å². The van der Waals surface area contributed by atoms with Gasteiger partial charge < -0.3 is 5.32 Å². The molecule has 1 saturated carbocycles. The molecule has 4 heteroatoms. The molecule has 0 aromatic carbocycles. The smallest absolute Gasteiger partial charge is 0.252 e. The van der Waals surface area contributed by atoms with Crippen LogP contribution in [0.5, 0.6) is 0 Å². The summed E-state index contributed by atoms with van der Waals surface area (Å²) in [5.41, 5.74) is 0.417. The van der Waals surface area contributed by atoms with E-state index in [9.17, 15) is 9.18 Å². The summed E-state index contributed by atoms with van der Waals surface area (Å²) in [6.07, 6.45) is 8.87. The molecule has 98 valence electrons. The van der Waals surface area contributed by atoms with E-state index in [1.807, 2.05) is 0 Å². The highest BCUT2D eigenvalue weighted by atomic mass is 19.1. The Balaban J connectivity index is 1.72. The molecule has 1 aromatic rings. The van der Waals surface area contributed by atoms with E-state index >= 15 is 0 Å². The fourth-order valence-corrected chi connectivity index (χ4v) is 2.48. The number of carbonyl (C=O) groups excluding carboxylic acids is 1. The Labute approximate surface area is 107 Å². The lowest BCUT2D eigenvalue weighted by atomic mass is 9.87. The van der Waals surface area contributed by atoms with Crippen LogP contribution in [0.4, 0.5) is 4.39 Å². The van der Waals surface area contributed by atoms with Gasteiger partial charge in [0.2, 0.25) is 5.95 Å². The SMILES string of the molecule is O=C(NCCC1CCCCC1)c1ccc(F)nc1. The average molecular weight is 250 g/mol. The molecule has 0 spiro atoms. The molecule has 0 aliphatic heterocycles. The van der Waals surface area contributed by atoms with Crippen LogP contribution in [-0.2, 0) is 0 Å². The Morgan fingerprint density at radius 1 is 1.33 bits per heavy atom. The van der Waals surface area contributed by atoms with Gasteiger partial charge in [-0.2, -0.15) is 4.39 Å². The zero-order chi connectivity index (χ0) is 12.8. The third-order valence-electron chi connectivity index (χ3n) is 3.55. The van der Waals surface area contributed by atoms with Crippen LogP contribution in [0, 0.1) is 11.9 Å². The van der Waals surface area contributed by atoms with Crippen LogP contribution in [0.3, 0.4) is 0 Å². The van der Waals surface area contributed by atoms with Gasteiger partial charge in [0.15, 0.2) is 0 Å². The quantitative estimate of drug-likeness (QED) is 0.835. The number of rotatable bonds is 4. The number of amides is 1. The first-order chi connectivity index (χ1) is 8.75. The van der Waals surface area contributed by atoms with Crippen molar-refractivity contribution in [1.82, 2.24) is 10.3 Å². The van der Waals surface area contributed by atoms with Crippen LogP contribution in [-0.4, -0.2) is 17.4 Å². The van der Waals surface area contributed by atoms with E-state index in [2.05, 4.69) is 10.3 Å². The summed E-state index contributed by atoms with van der Waals surface area (Å²) in [6, 6.07) is 2.66. The highest BCUT2D eigenvalue weighted by molar-refractivity contribution is 5.93. The third-order valence-corrected chi connectivity index (χ3v) is 3.55. The summed E-state index contributed by atoms with van der Waals surface area (Å²) in [4.78, 5) is 15.2. The molecule has 18 heavy (non-hydrogen) atoms. The van der Waals surface area contributed by atoms with Gasteiger partial charge in [0.25, 0.3) is 5.91 Å². The number of hydrogen-bond acceptors (Lipinski definition) is 2. The monoisotopic (exact) mass is 250 g/mol. The summed E-state index contributed by atoms with van der Waals surface area (Å²) in [5.74, 6) is 0.0254. The summed E-state index contributed by atoms with van der Waals surface area (Å²) >= 11 is 0. The molecule has 0 atom stereocenters. The topological polar surface area (TPSA) is 42.0 Å². The molecular weight excluding hydrogens is 231 g/mol. The highest BCUT2D eigenvalue weighted by Crippen LogP contribution is 2.25. The first kappa shape index (κ1) is 13.0. The van der Waals surface area contributed by atoms with E-state index < -0.39 is 5.95 Å². The normalized spacial score (nSPS) is 16.5. The molecule has 1 N–H and O–H groups in total. The predicted octanol–water partition coefficient (Wildman–Crippen LogP) is 2.92. The molecule has 1 aliphatic carbocycles. The van der Waals surface area contributed by atoms with Gasteiger partial charge in [0.05, 0.1) is 5.56 Å². The summed E-state index contributed by atoms with van der Waals surface area (Å²) in [5, 5.41) is 2.86.